The molecule has 0 fully saturated rings. The van der Waals surface area contributed by atoms with E-state index in [0.29, 0.717) is 31.5 Å². The largest absolute Gasteiger partial charge is 0.444 e. The Morgan fingerprint density at radius 2 is 1.73 bits per heavy atom. The molecule has 7 heteroatoms. The number of anilines is 1. The van der Waals surface area contributed by atoms with E-state index in [1.807, 2.05) is 18.2 Å². The van der Waals surface area contributed by atoms with Crippen molar-refractivity contribution in [2.75, 3.05) is 11.9 Å². The van der Waals surface area contributed by atoms with Crippen molar-refractivity contribution in [2.24, 2.45) is 0 Å². The molecule has 0 aliphatic rings. The van der Waals surface area contributed by atoms with Gasteiger partial charge in [-0.1, -0.05) is 18.2 Å². The lowest BCUT2D eigenvalue weighted by Crippen LogP contribution is -2.45. The van der Waals surface area contributed by atoms with Crippen LogP contribution in [0.1, 0.15) is 47.0 Å². The summed E-state index contributed by atoms with van der Waals surface area (Å²) in [6.07, 6.45) is 1.19. The van der Waals surface area contributed by atoms with Gasteiger partial charge >= 0.3 is 6.09 Å². The van der Waals surface area contributed by atoms with Crippen molar-refractivity contribution in [1.82, 2.24) is 10.6 Å². The third-order valence-corrected chi connectivity index (χ3v) is 3.34. The molecule has 0 heterocycles. The molecule has 0 saturated heterocycles. The molecular weight excluding hydrogens is 334 g/mol. The van der Waals surface area contributed by atoms with Crippen LogP contribution in [0.3, 0.4) is 0 Å². The number of unbranched alkanes of at least 4 members (excludes halogenated alkanes) is 1. The minimum atomic E-state index is -0.720. The van der Waals surface area contributed by atoms with Crippen LogP contribution in [0, 0.1) is 0 Å². The lowest BCUT2D eigenvalue weighted by atomic mass is 10.1. The highest BCUT2D eigenvalue weighted by Crippen LogP contribution is 2.11. The Hall–Kier alpha value is -2.57. The molecule has 0 spiro atoms. The van der Waals surface area contributed by atoms with Gasteiger partial charge in [-0.25, -0.2) is 4.79 Å². The van der Waals surface area contributed by atoms with E-state index < -0.39 is 17.7 Å². The van der Waals surface area contributed by atoms with Crippen LogP contribution in [0.5, 0.6) is 0 Å². The highest BCUT2D eigenvalue weighted by atomic mass is 16.6. The number of ether oxygens (including phenoxy) is 1. The second-order valence-electron chi connectivity index (χ2n) is 7.03. The van der Waals surface area contributed by atoms with Crippen LogP contribution >= 0.6 is 0 Å². The third-order valence-electron chi connectivity index (χ3n) is 3.34. The van der Waals surface area contributed by atoms with Gasteiger partial charge in [0.15, 0.2) is 0 Å². The molecule has 0 saturated carbocycles. The summed E-state index contributed by atoms with van der Waals surface area (Å²) in [5, 5.41) is 8.13. The fourth-order valence-corrected chi connectivity index (χ4v) is 2.21. The van der Waals surface area contributed by atoms with Crippen LogP contribution in [0.25, 0.3) is 0 Å². The van der Waals surface area contributed by atoms with Gasteiger partial charge in [-0.3, -0.25) is 9.59 Å². The maximum Gasteiger partial charge on any atom is 0.408 e. The Bertz CT molecular complexity index is 597. The van der Waals surface area contributed by atoms with E-state index in [1.165, 1.54) is 6.92 Å². The molecule has 3 N–H and O–H groups in total. The number of alkyl carbamates (subject to hydrolysis) is 1. The van der Waals surface area contributed by atoms with Gasteiger partial charge in [-0.15, -0.1) is 0 Å². The smallest absolute Gasteiger partial charge is 0.408 e. The lowest BCUT2D eigenvalue weighted by molar-refractivity contribution is -0.119. The van der Waals surface area contributed by atoms with Gasteiger partial charge in [-0.2, -0.15) is 0 Å². The van der Waals surface area contributed by atoms with Crippen LogP contribution in [-0.4, -0.2) is 36.1 Å². The van der Waals surface area contributed by atoms with Crippen LogP contribution in [0.2, 0.25) is 0 Å². The number of nitrogens with one attached hydrogen (secondary N) is 3. The molecular formula is C19H29N3O4. The highest BCUT2D eigenvalue weighted by Gasteiger charge is 2.24. The van der Waals surface area contributed by atoms with E-state index in [9.17, 15) is 14.4 Å². The normalized spacial score (nSPS) is 12.0. The van der Waals surface area contributed by atoms with Crippen molar-refractivity contribution in [3.05, 3.63) is 30.3 Å². The minimum Gasteiger partial charge on any atom is -0.444 e. The summed E-state index contributed by atoms with van der Waals surface area (Å²) < 4.78 is 5.24. The second kappa shape index (κ2) is 10.4. The summed E-state index contributed by atoms with van der Waals surface area (Å²) >= 11 is 0. The van der Waals surface area contributed by atoms with Crippen LogP contribution in [0.15, 0.2) is 30.3 Å². The van der Waals surface area contributed by atoms with Crippen molar-refractivity contribution >= 4 is 23.6 Å². The van der Waals surface area contributed by atoms with Gasteiger partial charge in [0, 0.05) is 19.2 Å². The number of carbonyl (C=O) groups excluding carboxylic acids is 3. The first-order valence-corrected chi connectivity index (χ1v) is 8.77. The van der Waals surface area contributed by atoms with Crippen LogP contribution in [-0.2, 0) is 14.3 Å². The van der Waals surface area contributed by atoms with Gasteiger partial charge in [-0.05, 0) is 52.2 Å². The fourth-order valence-electron chi connectivity index (χ4n) is 2.21. The summed E-state index contributed by atoms with van der Waals surface area (Å²) in [7, 11) is 0. The first kappa shape index (κ1) is 21.5. The van der Waals surface area contributed by atoms with E-state index in [2.05, 4.69) is 16.0 Å². The van der Waals surface area contributed by atoms with Gasteiger partial charge < -0.3 is 20.7 Å². The topological polar surface area (TPSA) is 96.5 Å². The predicted octanol–water partition coefficient (Wildman–Crippen LogP) is 2.82. The Balaban J connectivity index is 2.62. The first-order chi connectivity index (χ1) is 12.2. The molecule has 0 aliphatic carbocycles. The average molecular weight is 363 g/mol. The van der Waals surface area contributed by atoms with Gasteiger partial charge in [0.25, 0.3) is 0 Å². The highest BCUT2D eigenvalue weighted by molar-refractivity contribution is 5.96. The number of amides is 3. The number of hydrogen-bond donors (Lipinski definition) is 3. The van der Waals surface area contributed by atoms with Crippen LogP contribution in [0.4, 0.5) is 10.5 Å². The van der Waals surface area contributed by atoms with Crippen molar-refractivity contribution in [2.45, 2.75) is 58.6 Å². The Morgan fingerprint density at radius 3 is 2.31 bits per heavy atom. The summed E-state index contributed by atoms with van der Waals surface area (Å²) in [6.45, 7) is 7.28. The molecule has 0 aromatic heterocycles. The molecule has 7 nitrogen and oxygen atoms in total. The molecule has 0 aliphatic heterocycles. The lowest BCUT2D eigenvalue weighted by Gasteiger charge is -2.23. The summed E-state index contributed by atoms with van der Waals surface area (Å²) in [5.74, 6) is -0.392. The molecule has 0 radical (unpaired) electrons. The maximum atomic E-state index is 12.5. The zero-order valence-corrected chi connectivity index (χ0v) is 15.9. The quantitative estimate of drug-likeness (QED) is 0.619. The standard InChI is InChI=1S/C19H29N3O4/c1-14(23)20-13-9-8-12-16(22-18(25)26-19(2,3)4)17(24)21-15-10-6-5-7-11-15/h5-7,10-11,16H,8-9,12-13H2,1-4H3,(H,20,23)(H,21,24)(H,22,25)/t16-/m0/s1. The summed E-state index contributed by atoms with van der Waals surface area (Å²) in [5.41, 5.74) is 0.0161. The molecule has 1 aromatic rings. The van der Waals surface area contributed by atoms with Gasteiger partial charge in [0.2, 0.25) is 11.8 Å². The van der Waals surface area contributed by atoms with Crippen molar-refractivity contribution in [3.63, 3.8) is 0 Å². The molecule has 0 unspecified atom stereocenters. The second-order valence-corrected chi connectivity index (χ2v) is 7.03. The molecule has 144 valence electrons. The van der Waals surface area contributed by atoms with E-state index in [1.54, 1.807) is 32.9 Å². The van der Waals surface area contributed by atoms with E-state index >= 15 is 0 Å². The first-order valence-electron chi connectivity index (χ1n) is 8.77. The number of para-hydroxylation sites is 1. The molecule has 0 bridgehead atoms. The number of carbonyl (C=O) groups is 3. The zero-order valence-electron chi connectivity index (χ0n) is 15.9. The van der Waals surface area contributed by atoms with E-state index in [-0.39, 0.29) is 11.8 Å². The number of rotatable bonds is 8. The fraction of sp³-hybridized carbons (Fsp3) is 0.526. The third kappa shape index (κ3) is 9.66. The number of benzene rings is 1. The average Bonchev–Trinajstić information content (AvgIpc) is 2.52. The van der Waals surface area contributed by atoms with Crippen molar-refractivity contribution < 1.29 is 19.1 Å². The Kier molecular flexibility index (Phi) is 8.61. The van der Waals surface area contributed by atoms with Crippen LogP contribution < -0.4 is 16.0 Å². The Labute approximate surface area is 154 Å². The van der Waals surface area contributed by atoms with E-state index in [4.69, 9.17) is 4.74 Å². The predicted molar refractivity (Wildman–Crippen MR) is 101 cm³/mol. The monoisotopic (exact) mass is 363 g/mol. The van der Waals surface area contributed by atoms with Gasteiger partial charge in [0.05, 0.1) is 0 Å². The molecule has 26 heavy (non-hydrogen) atoms. The molecule has 1 atom stereocenters. The Morgan fingerprint density at radius 1 is 1.08 bits per heavy atom. The SMILES string of the molecule is CC(=O)NCCCC[C@H](NC(=O)OC(C)(C)C)C(=O)Nc1ccccc1. The molecule has 3 amide bonds. The van der Waals surface area contributed by atoms with Crippen molar-refractivity contribution in [1.29, 1.82) is 0 Å². The summed E-state index contributed by atoms with van der Waals surface area (Å²) in [4.78, 5) is 35.5. The number of hydrogen-bond acceptors (Lipinski definition) is 4. The minimum absolute atomic E-state index is 0.0877. The summed E-state index contributed by atoms with van der Waals surface area (Å²) in [6, 6.07) is 8.33. The van der Waals surface area contributed by atoms with E-state index in [0.717, 1.165) is 0 Å². The molecule has 1 rings (SSSR count). The maximum absolute atomic E-state index is 12.5. The zero-order chi connectivity index (χ0) is 19.6. The van der Waals surface area contributed by atoms with Gasteiger partial charge in [0.1, 0.15) is 11.6 Å². The van der Waals surface area contributed by atoms with Crippen molar-refractivity contribution in [3.8, 4) is 0 Å². The molecule has 1 aromatic carbocycles.